The Hall–Kier alpha value is -1.14. The molecule has 0 saturated carbocycles. The minimum absolute atomic E-state index is 0.0975. The predicted octanol–water partition coefficient (Wildman–Crippen LogP) is 0.656. The Balaban J connectivity index is 3.65. The Kier molecular flexibility index (Phi) is 7.49. The summed E-state index contributed by atoms with van der Waals surface area (Å²) in [6.45, 7) is 1.68. The van der Waals surface area contributed by atoms with Crippen LogP contribution in [0, 0.1) is 0 Å². The molecule has 0 aliphatic rings. The molecule has 0 rings (SSSR count). The Bertz CT molecular complexity index is 248. The third-order valence-electron chi connectivity index (χ3n) is 2.27. The van der Waals surface area contributed by atoms with Crippen LogP contribution in [0.25, 0.3) is 0 Å². The number of esters is 1. The lowest BCUT2D eigenvalue weighted by Crippen LogP contribution is -2.39. The van der Waals surface area contributed by atoms with Crippen molar-refractivity contribution >= 4 is 11.9 Å². The van der Waals surface area contributed by atoms with Gasteiger partial charge in [0.25, 0.3) is 5.79 Å². The highest BCUT2D eigenvalue weighted by molar-refractivity contribution is 5.77. The summed E-state index contributed by atoms with van der Waals surface area (Å²) < 4.78 is 4.50. The van der Waals surface area contributed by atoms with Gasteiger partial charge in [-0.25, -0.2) is 4.79 Å². The van der Waals surface area contributed by atoms with Gasteiger partial charge in [-0.15, -0.1) is 0 Å². The summed E-state index contributed by atoms with van der Waals surface area (Å²) in [5.74, 6) is -4.30. The SMILES string of the molecule is CCOC(=O)C(O)(O)CCCCCCC(=O)O. The minimum Gasteiger partial charge on any atom is -0.481 e. The second-order valence-electron chi connectivity index (χ2n) is 3.85. The smallest absolute Gasteiger partial charge is 0.366 e. The van der Waals surface area contributed by atoms with E-state index in [2.05, 4.69) is 4.74 Å². The van der Waals surface area contributed by atoms with E-state index in [-0.39, 0.29) is 19.4 Å². The molecule has 0 saturated heterocycles. The maximum absolute atomic E-state index is 11.1. The zero-order valence-electron chi connectivity index (χ0n) is 10.0. The third kappa shape index (κ3) is 7.70. The number of aliphatic hydroxyl groups is 2. The maximum atomic E-state index is 11.1. The number of unbranched alkanes of at least 4 members (excludes halogenated alkanes) is 3. The number of carboxylic acids is 1. The molecule has 0 bridgehead atoms. The van der Waals surface area contributed by atoms with Gasteiger partial charge in [-0.2, -0.15) is 0 Å². The third-order valence-corrected chi connectivity index (χ3v) is 2.27. The summed E-state index contributed by atoms with van der Waals surface area (Å²) in [4.78, 5) is 21.3. The summed E-state index contributed by atoms with van der Waals surface area (Å²) in [5.41, 5.74) is 0. The molecule has 0 amide bonds. The number of hydrogen-bond donors (Lipinski definition) is 3. The highest BCUT2D eigenvalue weighted by Crippen LogP contribution is 2.15. The molecule has 0 unspecified atom stereocenters. The Morgan fingerprint density at radius 1 is 1.12 bits per heavy atom. The number of rotatable bonds is 9. The fraction of sp³-hybridized carbons (Fsp3) is 0.818. The van der Waals surface area contributed by atoms with Crippen molar-refractivity contribution in [1.29, 1.82) is 0 Å². The van der Waals surface area contributed by atoms with Gasteiger partial charge in [0.05, 0.1) is 6.61 Å². The van der Waals surface area contributed by atoms with E-state index in [1.807, 2.05) is 0 Å². The van der Waals surface area contributed by atoms with E-state index in [1.165, 1.54) is 0 Å². The van der Waals surface area contributed by atoms with Crippen molar-refractivity contribution < 1.29 is 29.6 Å². The van der Waals surface area contributed by atoms with Gasteiger partial charge < -0.3 is 20.1 Å². The lowest BCUT2D eigenvalue weighted by atomic mass is 10.1. The number of ether oxygens (including phenoxy) is 1. The standard InChI is InChI=1S/C11H20O6/c1-2-17-10(14)11(15,16)8-6-4-3-5-7-9(12)13/h15-16H,2-8H2,1H3,(H,12,13). The van der Waals surface area contributed by atoms with Crippen LogP contribution in [0.4, 0.5) is 0 Å². The highest BCUT2D eigenvalue weighted by Gasteiger charge is 2.33. The van der Waals surface area contributed by atoms with Crippen LogP contribution < -0.4 is 0 Å². The number of carbonyl (C=O) groups is 2. The van der Waals surface area contributed by atoms with Gasteiger partial charge in [-0.1, -0.05) is 12.8 Å². The van der Waals surface area contributed by atoms with E-state index in [0.29, 0.717) is 25.7 Å². The molecule has 3 N–H and O–H groups in total. The lowest BCUT2D eigenvalue weighted by molar-refractivity contribution is -0.211. The van der Waals surface area contributed by atoms with E-state index in [4.69, 9.17) is 5.11 Å². The van der Waals surface area contributed by atoms with E-state index in [9.17, 15) is 19.8 Å². The molecular weight excluding hydrogens is 228 g/mol. The largest absolute Gasteiger partial charge is 0.481 e. The van der Waals surface area contributed by atoms with Gasteiger partial charge in [-0.05, 0) is 19.8 Å². The number of aliphatic carboxylic acids is 1. The van der Waals surface area contributed by atoms with E-state index >= 15 is 0 Å². The first-order valence-electron chi connectivity index (χ1n) is 5.74. The maximum Gasteiger partial charge on any atom is 0.366 e. The van der Waals surface area contributed by atoms with Gasteiger partial charge in [0.15, 0.2) is 0 Å². The van der Waals surface area contributed by atoms with Crippen LogP contribution in [0.15, 0.2) is 0 Å². The summed E-state index contributed by atoms with van der Waals surface area (Å²) in [6.07, 6.45) is 2.34. The molecule has 0 radical (unpaired) electrons. The quantitative estimate of drug-likeness (QED) is 0.314. The molecule has 0 aliphatic heterocycles. The van der Waals surface area contributed by atoms with Gasteiger partial charge in [-0.3, -0.25) is 4.79 Å². The molecule has 17 heavy (non-hydrogen) atoms. The zero-order chi connectivity index (χ0) is 13.3. The summed E-state index contributed by atoms with van der Waals surface area (Å²) >= 11 is 0. The topological polar surface area (TPSA) is 104 Å². The first-order valence-corrected chi connectivity index (χ1v) is 5.74. The van der Waals surface area contributed by atoms with Crippen LogP contribution in [0.3, 0.4) is 0 Å². The second-order valence-corrected chi connectivity index (χ2v) is 3.85. The molecule has 0 fully saturated rings. The van der Waals surface area contributed by atoms with Crippen molar-refractivity contribution in [1.82, 2.24) is 0 Å². The highest BCUT2D eigenvalue weighted by atomic mass is 16.6. The van der Waals surface area contributed by atoms with E-state index < -0.39 is 17.7 Å². The van der Waals surface area contributed by atoms with Gasteiger partial charge in [0.1, 0.15) is 0 Å². The fourth-order valence-corrected chi connectivity index (χ4v) is 1.35. The van der Waals surface area contributed by atoms with E-state index in [1.54, 1.807) is 6.92 Å². The van der Waals surface area contributed by atoms with Crippen LogP contribution in [0.2, 0.25) is 0 Å². The van der Waals surface area contributed by atoms with Crippen molar-refractivity contribution in [3.63, 3.8) is 0 Å². The molecule has 0 aromatic rings. The first-order chi connectivity index (χ1) is 7.90. The molecular formula is C11H20O6. The van der Waals surface area contributed by atoms with Crippen molar-refractivity contribution in [2.45, 2.75) is 51.2 Å². The number of carboxylic acid groups (broad SMARTS) is 1. The lowest BCUT2D eigenvalue weighted by Gasteiger charge is -2.18. The van der Waals surface area contributed by atoms with Crippen LogP contribution in [-0.4, -0.2) is 39.7 Å². The molecule has 0 aromatic heterocycles. The van der Waals surface area contributed by atoms with Gasteiger partial charge in [0, 0.05) is 12.8 Å². The average molecular weight is 248 g/mol. The average Bonchev–Trinajstić information content (AvgIpc) is 2.23. The van der Waals surface area contributed by atoms with Crippen LogP contribution >= 0.6 is 0 Å². The van der Waals surface area contributed by atoms with Crippen molar-refractivity contribution in [3.05, 3.63) is 0 Å². The zero-order valence-corrected chi connectivity index (χ0v) is 10.0. The monoisotopic (exact) mass is 248 g/mol. The predicted molar refractivity (Wildman–Crippen MR) is 59.1 cm³/mol. The van der Waals surface area contributed by atoms with Crippen LogP contribution in [-0.2, 0) is 14.3 Å². The summed E-state index contributed by atoms with van der Waals surface area (Å²) in [6, 6.07) is 0. The molecule has 0 aromatic carbocycles. The summed E-state index contributed by atoms with van der Waals surface area (Å²) in [5, 5.41) is 27.1. The molecule has 100 valence electrons. The molecule has 0 heterocycles. The first kappa shape index (κ1) is 15.9. The second kappa shape index (κ2) is 8.03. The molecule has 6 heteroatoms. The van der Waals surface area contributed by atoms with Gasteiger partial charge in [0.2, 0.25) is 0 Å². The van der Waals surface area contributed by atoms with Crippen molar-refractivity contribution in [3.8, 4) is 0 Å². The Morgan fingerprint density at radius 2 is 1.71 bits per heavy atom. The minimum atomic E-state index is -2.43. The normalized spacial score (nSPS) is 11.2. The van der Waals surface area contributed by atoms with Crippen molar-refractivity contribution in [2.75, 3.05) is 6.61 Å². The summed E-state index contributed by atoms with van der Waals surface area (Å²) in [7, 11) is 0. The fourth-order valence-electron chi connectivity index (χ4n) is 1.35. The Labute approximate surface area is 100 Å². The number of carbonyl (C=O) groups excluding carboxylic acids is 1. The van der Waals surface area contributed by atoms with Crippen molar-refractivity contribution in [2.24, 2.45) is 0 Å². The molecule has 0 spiro atoms. The number of hydrogen-bond acceptors (Lipinski definition) is 5. The molecule has 0 aliphatic carbocycles. The van der Waals surface area contributed by atoms with Gasteiger partial charge >= 0.3 is 11.9 Å². The molecule has 0 atom stereocenters. The van der Waals surface area contributed by atoms with Crippen LogP contribution in [0.1, 0.15) is 45.4 Å². The van der Waals surface area contributed by atoms with Crippen LogP contribution in [0.5, 0.6) is 0 Å². The molecule has 6 nitrogen and oxygen atoms in total. The Morgan fingerprint density at radius 3 is 2.24 bits per heavy atom. The van der Waals surface area contributed by atoms with E-state index in [0.717, 1.165) is 0 Å².